The van der Waals surface area contributed by atoms with Crippen molar-refractivity contribution in [2.75, 3.05) is 59.0 Å². The van der Waals surface area contributed by atoms with Crippen molar-refractivity contribution >= 4 is 23.4 Å². The minimum atomic E-state index is -0.0332. The number of piperazine rings is 1. The maximum atomic E-state index is 13.3. The number of rotatable bonds is 5. The van der Waals surface area contributed by atoms with E-state index in [0.717, 1.165) is 24.5 Å². The minimum absolute atomic E-state index is 0.0332. The van der Waals surface area contributed by atoms with Crippen LogP contribution < -0.4 is 0 Å². The van der Waals surface area contributed by atoms with Gasteiger partial charge in [-0.1, -0.05) is 25.4 Å². The maximum absolute atomic E-state index is 13.3. The Balaban J connectivity index is 1.42. The predicted octanol–water partition coefficient (Wildman–Crippen LogP) is 2.27. The lowest BCUT2D eigenvalue weighted by atomic mass is 10.0. The van der Waals surface area contributed by atoms with Crippen molar-refractivity contribution in [3.05, 3.63) is 46.7 Å². The molecule has 0 radical (unpaired) electrons. The number of carbonyl (C=O) groups is 2. The summed E-state index contributed by atoms with van der Waals surface area (Å²) < 4.78 is 7.16. The molecule has 8 nitrogen and oxygen atoms in total. The summed E-state index contributed by atoms with van der Waals surface area (Å²) in [6.07, 6.45) is 1.65. The Bertz CT molecular complexity index is 945. The van der Waals surface area contributed by atoms with Gasteiger partial charge < -0.3 is 14.5 Å². The van der Waals surface area contributed by atoms with Crippen molar-refractivity contribution in [2.24, 2.45) is 0 Å². The van der Waals surface area contributed by atoms with Gasteiger partial charge in [-0.25, -0.2) is 4.68 Å². The normalized spacial score (nSPS) is 17.8. The Morgan fingerprint density at radius 1 is 1.00 bits per heavy atom. The molecule has 0 N–H and O–H groups in total. The number of hydrogen-bond donors (Lipinski definition) is 0. The van der Waals surface area contributed by atoms with Crippen molar-refractivity contribution in [3.63, 3.8) is 0 Å². The summed E-state index contributed by atoms with van der Waals surface area (Å²) in [7, 11) is 0. The molecule has 9 heteroatoms. The molecule has 3 heterocycles. The monoisotopic (exact) mass is 459 g/mol. The zero-order valence-electron chi connectivity index (χ0n) is 18.7. The van der Waals surface area contributed by atoms with Gasteiger partial charge in [0.25, 0.3) is 5.91 Å². The molecule has 2 aromatic rings. The Hall–Kier alpha value is -2.42. The predicted molar refractivity (Wildman–Crippen MR) is 122 cm³/mol. The molecule has 0 bridgehead atoms. The van der Waals surface area contributed by atoms with Crippen LogP contribution in [-0.2, 0) is 9.53 Å². The molecule has 2 aliphatic rings. The second-order valence-corrected chi connectivity index (χ2v) is 8.98. The molecule has 2 amide bonds. The van der Waals surface area contributed by atoms with E-state index in [4.69, 9.17) is 16.3 Å². The van der Waals surface area contributed by atoms with Crippen LogP contribution in [-0.4, -0.2) is 95.3 Å². The zero-order chi connectivity index (χ0) is 22.7. The van der Waals surface area contributed by atoms with E-state index < -0.39 is 0 Å². The number of morpholine rings is 1. The van der Waals surface area contributed by atoms with Gasteiger partial charge in [0, 0.05) is 44.3 Å². The highest BCUT2D eigenvalue weighted by atomic mass is 35.5. The Labute approximate surface area is 193 Å². The van der Waals surface area contributed by atoms with Crippen LogP contribution in [0.3, 0.4) is 0 Å². The average molecular weight is 460 g/mol. The molecule has 0 unspecified atom stereocenters. The molecule has 1 aromatic carbocycles. The lowest BCUT2D eigenvalue weighted by molar-refractivity contribution is -0.134. The number of aromatic nitrogens is 2. The second kappa shape index (κ2) is 10.0. The fraction of sp³-hybridized carbons (Fsp3) is 0.522. The number of benzene rings is 1. The molecule has 172 valence electrons. The molecular formula is C23H30ClN5O3. The number of nitrogens with zero attached hydrogens (tertiary/aromatic N) is 5. The summed E-state index contributed by atoms with van der Waals surface area (Å²) in [5.74, 6) is 0.204. The molecule has 2 fully saturated rings. The quantitative estimate of drug-likeness (QED) is 0.686. The Kier molecular flexibility index (Phi) is 7.13. The van der Waals surface area contributed by atoms with Crippen LogP contribution in [0.2, 0.25) is 5.02 Å². The van der Waals surface area contributed by atoms with Gasteiger partial charge in [0.2, 0.25) is 5.91 Å². The smallest absolute Gasteiger partial charge is 0.257 e. The number of amides is 2. The van der Waals surface area contributed by atoms with Crippen molar-refractivity contribution < 1.29 is 14.3 Å². The van der Waals surface area contributed by atoms with Crippen LogP contribution in [0.1, 0.15) is 35.8 Å². The molecule has 1 aromatic heterocycles. The standard InChI is InChI=1S/C23H30ClN5O3/c1-17(2)22-20(15-25-29(22)19-5-3-18(24)4-6-19)23(31)28-9-7-27(8-10-28)21(30)16-26-11-13-32-14-12-26/h3-6,15,17H,7-14,16H2,1-2H3. The van der Waals surface area contributed by atoms with E-state index in [0.29, 0.717) is 56.5 Å². The summed E-state index contributed by atoms with van der Waals surface area (Å²) >= 11 is 6.02. The lowest BCUT2D eigenvalue weighted by Gasteiger charge is -2.36. The highest BCUT2D eigenvalue weighted by Crippen LogP contribution is 2.25. The SMILES string of the molecule is CC(C)c1c(C(=O)N2CCN(C(=O)CN3CCOCC3)CC2)cnn1-c1ccc(Cl)cc1. The molecule has 0 aliphatic carbocycles. The number of ether oxygens (including phenoxy) is 1. The molecule has 2 aliphatic heterocycles. The first kappa shape index (κ1) is 22.8. The topological polar surface area (TPSA) is 70.9 Å². The van der Waals surface area contributed by atoms with Crippen LogP contribution in [0.15, 0.2) is 30.5 Å². The number of halogens is 1. The molecule has 4 rings (SSSR count). The highest BCUT2D eigenvalue weighted by Gasteiger charge is 2.29. The van der Waals surface area contributed by atoms with E-state index in [9.17, 15) is 9.59 Å². The minimum Gasteiger partial charge on any atom is -0.379 e. The Morgan fingerprint density at radius 3 is 2.25 bits per heavy atom. The van der Waals surface area contributed by atoms with E-state index in [1.165, 1.54) is 0 Å². The van der Waals surface area contributed by atoms with Gasteiger partial charge in [-0.2, -0.15) is 5.10 Å². The first-order chi connectivity index (χ1) is 15.4. The fourth-order valence-electron chi connectivity index (χ4n) is 4.25. The van der Waals surface area contributed by atoms with Crippen molar-refractivity contribution in [3.8, 4) is 5.69 Å². The van der Waals surface area contributed by atoms with Crippen molar-refractivity contribution in [2.45, 2.75) is 19.8 Å². The van der Waals surface area contributed by atoms with Gasteiger partial charge in [0.15, 0.2) is 0 Å². The van der Waals surface area contributed by atoms with Crippen LogP contribution in [0.25, 0.3) is 5.69 Å². The van der Waals surface area contributed by atoms with E-state index >= 15 is 0 Å². The van der Waals surface area contributed by atoms with Gasteiger partial charge in [-0.3, -0.25) is 14.5 Å². The van der Waals surface area contributed by atoms with E-state index in [2.05, 4.69) is 23.8 Å². The molecule has 32 heavy (non-hydrogen) atoms. The number of hydrogen-bond acceptors (Lipinski definition) is 5. The average Bonchev–Trinajstić information content (AvgIpc) is 3.25. The van der Waals surface area contributed by atoms with Gasteiger partial charge in [0.1, 0.15) is 0 Å². The number of carbonyl (C=O) groups excluding carboxylic acids is 2. The first-order valence-corrected chi connectivity index (χ1v) is 11.5. The molecule has 0 spiro atoms. The van der Waals surface area contributed by atoms with E-state index in [1.807, 2.05) is 38.7 Å². The van der Waals surface area contributed by atoms with Crippen molar-refractivity contribution in [1.82, 2.24) is 24.5 Å². The van der Waals surface area contributed by atoms with Gasteiger partial charge in [0.05, 0.1) is 42.9 Å². The zero-order valence-corrected chi connectivity index (χ0v) is 19.4. The molecular weight excluding hydrogens is 430 g/mol. The summed E-state index contributed by atoms with van der Waals surface area (Å²) in [6, 6.07) is 7.43. The summed E-state index contributed by atoms with van der Waals surface area (Å²) in [4.78, 5) is 31.8. The van der Waals surface area contributed by atoms with Gasteiger partial charge in [-0.15, -0.1) is 0 Å². The lowest BCUT2D eigenvalue weighted by Crippen LogP contribution is -2.53. The van der Waals surface area contributed by atoms with Gasteiger partial charge in [-0.05, 0) is 30.2 Å². The molecule has 0 saturated carbocycles. The fourth-order valence-corrected chi connectivity index (χ4v) is 4.37. The van der Waals surface area contributed by atoms with E-state index in [1.54, 1.807) is 6.20 Å². The third-order valence-electron chi connectivity index (χ3n) is 6.04. The van der Waals surface area contributed by atoms with Crippen LogP contribution in [0.5, 0.6) is 0 Å². The van der Waals surface area contributed by atoms with E-state index in [-0.39, 0.29) is 17.7 Å². The molecule has 0 atom stereocenters. The first-order valence-electron chi connectivity index (χ1n) is 11.1. The highest BCUT2D eigenvalue weighted by molar-refractivity contribution is 6.30. The van der Waals surface area contributed by atoms with Crippen LogP contribution in [0.4, 0.5) is 0 Å². The third-order valence-corrected chi connectivity index (χ3v) is 6.29. The summed E-state index contributed by atoms with van der Waals surface area (Å²) in [6.45, 7) is 9.63. The Morgan fingerprint density at radius 2 is 1.62 bits per heavy atom. The largest absolute Gasteiger partial charge is 0.379 e. The maximum Gasteiger partial charge on any atom is 0.257 e. The summed E-state index contributed by atoms with van der Waals surface area (Å²) in [5.41, 5.74) is 2.36. The van der Waals surface area contributed by atoms with Gasteiger partial charge >= 0.3 is 0 Å². The molecule has 2 saturated heterocycles. The van der Waals surface area contributed by atoms with Crippen molar-refractivity contribution in [1.29, 1.82) is 0 Å². The van der Waals surface area contributed by atoms with Crippen LogP contribution in [0, 0.1) is 0 Å². The third kappa shape index (κ3) is 4.98. The van der Waals surface area contributed by atoms with Crippen LogP contribution >= 0.6 is 11.6 Å². The summed E-state index contributed by atoms with van der Waals surface area (Å²) in [5, 5.41) is 5.16. The second-order valence-electron chi connectivity index (χ2n) is 8.55.